The molecular weight excluding hydrogens is 1660 g/mol. The van der Waals surface area contributed by atoms with Crippen molar-refractivity contribution in [3.63, 3.8) is 0 Å². The number of aromatic nitrogens is 11. The number of oxazole rings is 1. The van der Waals surface area contributed by atoms with E-state index in [1.165, 1.54) is 424 Å². The second kappa shape index (κ2) is 86.3. The summed E-state index contributed by atoms with van der Waals surface area (Å²) in [7, 11) is 0. The summed E-state index contributed by atoms with van der Waals surface area (Å²) in [5.41, 5.74) is -0.192. The minimum atomic E-state index is -0.456. The molecule has 23 nitrogen and oxygen atoms in total. The van der Waals surface area contributed by atoms with Crippen molar-refractivity contribution in [3.8, 4) is 0 Å². The minimum absolute atomic E-state index is 0.0224. The van der Waals surface area contributed by atoms with Crippen LogP contribution >= 0.6 is 0 Å². The fourth-order valence-corrected chi connectivity index (χ4v) is 17.9. The fraction of sp³-hybridized carbons (Fsp3) is 0.881. The molecule has 3 unspecified atom stereocenters. The van der Waals surface area contributed by atoms with E-state index in [4.69, 9.17) is 8.94 Å². The number of unbranched alkanes of at least 4 members (excludes halogenated alkanes) is 61. The van der Waals surface area contributed by atoms with E-state index in [-0.39, 0.29) is 27.9 Å². The predicted molar refractivity (Wildman–Crippen MR) is 549 cm³/mol. The maximum atomic E-state index is 11.2. The third kappa shape index (κ3) is 67.0. The molecule has 132 heavy (non-hydrogen) atoms. The SMILES string of the molecule is CCCCCCCCCCCCCC(C)(C)c1noc(=O)[nH]1.CCCCCCCCCCCCCC(C)(CC)c1noc(=O)[nH]1.CCCCCCCCCCCCCC(C)c1noc(=O)[nH]1.CCCCCCCCCCCCCC(CC)(CC)c1noc(=O)[nH]1.CCCCCCCCCCCCCC(CC)c1noc(=O)[nH]1.CCCCCCCCCCCCCCc1c[nH]c(=O)o1. The lowest BCUT2D eigenvalue weighted by molar-refractivity contribution is 0.305. The Kier molecular flexibility index (Phi) is 80.9. The molecule has 23 heteroatoms. The molecule has 6 heterocycles. The van der Waals surface area contributed by atoms with Crippen LogP contribution in [-0.2, 0) is 22.7 Å². The van der Waals surface area contributed by atoms with Gasteiger partial charge in [-0.1, -0.05) is 546 Å². The van der Waals surface area contributed by atoms with Crippen LogP contribution < -0.4 is 34.5 Å². The molecule has 0 aliphatic heterocycles. The van der Waals surface area contributed by atoms with E-state index in [1.807, 2.05) is 0 Å². The molecule has 0 saturated carbocycles. The molecule has 6 aromatic heterocycles. The highest BCUT2D eigenvalue weighted by molar-refractivity contribution is 5.05. The number of aromatic amines is 6. The van der Waals surface area contributed by atoms with Crippen molar-refractivity contribution in [2.24, 2.45) is 0 Å². The molecular formula is C109H205N11O12. The number of nitrogens with zero attached hydrogens (tertiary/aromatic N) is 5. The van der Waals surface area contributed by atoms with Gasteiger partial charge in [0, 0.05) is 40.7 Å². The van der Waals surface area contributed by atoms with Gasteiger partial charge in [-0.05, 0) is 64.2 Å². The summed E-state index contributed by atoms with van der Waals surface area (Å²) >= 11 is 0. The Balaban J connectivity index is 0.000000793. The topological polar surface area (TPSA) is 340 Å². The number of H-pyrrole nitrogens is 6. The molecule has 768 valence electrons. The lowest BCUT2D eigenvalue weighted by Crippen LogP contribution is -2.26. The number of hydrogen-bond donors (Lipinski definition) is 6. The van der Waals surface area contributed by atoms with Crippen molar-refractivity contribution in [2.45, 2.75) is 619 Å². The predicted octanol–water partition coefficient (Wildman–Crippen LogP) is 33.1. The first kappa shape index (κ1) is 124. The van der Waals surface area contributed by atoms with Gasteiger partial charge in [-0.2, -0.15) is 0 Å². The van der Waals surface area contributed by atoms with Crippen LogP contribution in [0.25, 0.3) is 0 Å². The molecule has 3 atom stereocenters. The van der Waals surface area contributed by atoms with Crippen LogP contribution in [0, 0.1) is 0 Å². The average molecular weight is 1860 g/mol. The van der Waals surface area contributed by atoms with Crippen molar-refractivity contribution in [2.75, 3.05) is 0 Å². The zero-order valence-corrected chi connectivity index (χ0v) is 87.8. The third-order valence-corrected chi connectivity index (χ3v) is 27.7. The summed E-state index contributed by atoms with van der Waals surface area (Å²) in [5.74, 6) is 2.39. The molecule has 0 saturated heterocycles. The largest absolute Gasteiger partial charge is 0.438 e. The van der Waals surface area contributed by atoms with Crippen molar-refractivity contribution in [3.05, 3.63) is 104 Å². The van der Waals surface area contributed by atoms with E-state index in [1.54, 1.807) is 6.20 Å². The summed E-state index contributed by atoms with van der Waals surface area (Å²) in [6, 6.07) is 0. The van der Waals surface area contributed by atoms with Gasteiger partial charge in [0.05, 0.1) is 0 Å². The Morgan fingerprint density at radius 1 is 0.273 bits per heavy atom. The first-order valence-corrected chi connectivity index (χ1v) is 55.7. The first-order chi connectivity index (χ1) is 64.2. The summed E-state index contributed by atoms with van der Waals surface area (Å²) in [4.78, 5) is 82.1. The molecule has 0 aliphatic carbocycles. The third-order valence-electron chi connectivity index (χ3n) is 27.7. The van der Waals surface area contributed by atoms with E-state index < -0.39 is 28.8 Å². The molecule has 0 fully saturated rings. The second-order valence-corrected chi connectivity index (χ2v) is 39.9. The number of aryl methyl sites for hydroxylation is 1. The van der Waals surface area contributed by atoms with Crippen LogP contribution in [0.4, 0.5) is 0 Å². The van der Waals surface area contributed by atoms with Crippen molar-refractivity contribution < 1.29 is 27.0 Å². The van der Waals surface area contributed by atoms with Crippen LogP contribution in [0.1, 0.15) is 632 Å². The Bertz CT molecular complexity index is 3760. The quantitative estimate of drug-likeness (QED) is 0.0193. The van der Waals surface area contributed by atoms with E-state index >= 15 is 0 Å². The van der Waals surface area contributed by atoms with E-state index in [9.17, 15) is 28.8 Å². The van der Waals surface area contributed by atoms with Crippen LogP contribution in [0.5, 0.6) is 0 Å². The lowest BCUT2D eigenvalue weighted by Gasteiger charge is -2.28. The molecule has 0 bridgehead atoms. The Labute approximate surface area is 802 Å². The van der Waals surface area contributed by atoms with Gasteiger partial charge in [-0.25, -0.2) is 28.8 Å². The molecule has 0 aromatic carbocycles. The van der Waals surface area contributed by atoms with Gasteiger partial charge in [0.2, 0.25) is 0 Å². The lowest BCUT2D eigenvalue weighted by atomic mass is 9.77. The molecule has 6 N–H and O–H groups in total. The van der Waals surface area contributed by atoms with Gasteiger partial charge in [0.1, 0.15) is 5.76 Å². The minimum Gasteiger partial charge on any atom is -0.413 e. The molecule has 6 rings (SSSR count). The summed E-state index contributed by atoms with van der Waals surface area (Å²) in [5, 5.41) is 19.2. The van der Waals surface area contributed by atoms with Gasteiger partial charge in [0.25, 0.3) is 0 Å². The van der Waals surface area contributed by atoms with Gasteiger partial charge >= 0.3 is 34.5 Å². The Morgan fingerprint density at radius 2 is 0.545 bits per heavy atom. The van der Waals surface area contributed by atoms with Crippen molar-refractivity contribution >= 4 is 0 Å². The normalized spacial score (nSPS) is 12.4. The number of rotatable bonds is 82. The zero-order chi connectivity index (χ0) is 96.8. The van der Waals surface area contributed by atoms with E-state index in [0.29, 0.717) is 23.4 Å². The van der Waals surface area contributed by atoms with Crippen LogP contribution in [0.3, 0.4) is 0 Å². The van der Waals surface area contributed by atoms with Crippen LogP contribution in [-0.4, -0.2) is 55.7 Å². The second-order valence-electron chi connectivity index (χ2n) is 39.9. The fourth-order valence-electron chi connectivity index (χ4n) is 17.9. The summed E-state index contributed by atoms with van der Waals surface area (Å²) < 4.78 is 28.1. The summed E-state index contributed by atoms with van der Waals surface area (Å²) in [6.07, 6.45) is 103. The standard InChI is InChI=1S/C20H38N2O2.C19H36N2O2.2C18H34N2O2.C17H32N2O2.C17H31NO2/c1-4-7-8-9-10-11-12-13-14-15-16-17-20(5-2,6-3)18-21-19(23)24-22-18;1-4-6-7-8-9-10-11-12-13-14-15-16-19(3,5-2)17-20-18(22)23-21-17;1-4-5-6-7-8-9-10-11-12-13-14-15-18(2,3)16-19-17(21)22-20-16;1-3-5-6-7-8-9-10-11-12-13-14-15-16(4-2)17-19-18(21)22-20-17;1-3-4-5-6-7-8-9-10-11-12-13-14-15(2)16-18-17(20)21-19-16;1-2-3-4-5-6-7-8-9-10-11-12-13-14-16-15-18-17(19)20-16/h4-17H2,1-3H3,(H,21,22,23);4-16H2,1-3H3,(H,20,21,22);4-15H2,1-3H3,(H,19,20,21);16H,3-15H2,1-2H3,(H,19,20,21);15H,3-14H2,1-2H3,(H,18,19,20);15H,2-14H2,1H3,(H,18,19). The Hall–Kier alpha value is -6.29. The van der Waals surface area contributed by atoms with E-state index in [0.717, 1.165) is 88.0 Å². The van der Waals surface area contributed by atoms with Crippen molar-refractivity contribution in [1.82, 2.24) is 55.7 Å². The monoisotopic (exact) mass is 1860 g/mol. The highest BCUT2D eigenvalue weighted by Crippen LogP contribution is 2.36. The van der Waals surface area contributed by atoms with Gasteiger partial charge in [0.15, 0.2) is 29.1 Å². The maximum absolute atomic E-state index is 11.2. The number of hydrogen-bond acceptors (Lipinski definition) is 17. The molecule has 0 aliphatic rings. The number of nitrogens with one attached hydrogen (secondary N) is 6. The first-order valence-electron chi connectivity index (χ1n) is 55.7. The van der Waals surface area contributed by atoms with Gasteiger partial charge < -0.3 is 4.42 Å². The molecule has 6 aromatic rings. The van der Waals surface area contributed by atoms with Gasteiger partial charge in [-0.3, -0.25) is 52.5 Å². The van der Waals surface area contributed by atoms with Gasteiger partial charge in [-0.15, -0.1) is 0 Å². The van der Waals surface area contributed by atoms with Crippen LogP contribution in [0.15, 0.2) is 62.0 Å². The molecule has 0 spiro atoms. The molecule has 0 radical (unpaired) electrons. The Morgan fingerprint density at radius 3 is 0.833 bits per heavy atom. The highest BCUT2D eigenvalue weighted by atomic mass is 16.5. The van der Waals surface area contributed by atoms with Crippen molar-refractivity contribution in [1.29, 1.82) is 0 Å². The maximum Gasteiger partial charge on any atom is 0.438 e. The smallest absolute Gasteiger partial charge is 0.413 e. The van der Waals surface area contributed by atoms with E-state index in [2.05, 4.69) is 171 Å². The average Bonchev–Trinajstić information content (AvgIpc) is 1.70. The molecule has 0 amide bonds. The van der Waals surface area contributed by atoms with Crippen LogP contribution in [0.2, 0.25) is 0 Å². The highest BCUT2D eigenvalue weighted by Gasteiger charge is 2.33. The summed E-state index contributed by atoms with van der Waals surface area (Å²) in [6.45, 7) is 30.7. The zero-order valence-electron chi connectivity index (χ0n) is 87.8.